The molecule has 3 nitrogen and oxygen atoms in total. The number of rotatable bonds is 4. The van der Waals surface area contributed by atoms with Gasteiger partial charge in [0.15, 0.2) is 0 Å². The number of nitrogens with two attached hydrogens (primary N) is 1. The average Bonchev–Trinajstić information content (AvgIpc) is 2.86. The molecule has 2 atom stereocenters. The summed E-state index contributed by atoms with van der Waals surface area (Å²) in [7, 11) is 0. The molecule has 0 aromatic carbocycles. The quantitative estimate of drug-likeness (QED) is 0.649. The second-order valence-corrected chi connectivity index (χ2v) is 4.27. The van der Waals surface area contributed by atoms with Gasteiger partial charge >= 0.3 is 0 Å². The molecule has 1 aliphatic heterocycles. The molecular formula is C11H20N2O. The number of ether oxygens (including phenoxy) is 1. The van der Waals surface area contributed by atoms with Crippen LogP contribution in [0.1, 0.15) is 19.3 Å². The molecule has 1 fully saturated rings. The van der Waals surface area contributed by atoms with E-state index in [0.717, 1.165) is 39.0 Å². The van der Waals surface area contributed by atoms with Crippen molar-refractivity contribution in [3.63, 3.8) is 0 Å². The molecule has 80 valence electrons. The molecule has 3 N–H and O–H groups in total. The first-order valence-corrected chi connectivity index (χ1v) is 5.59. The van der Waals surface area contributed by atoms with E-state index < -0.39 is 0 Å². The van der Waals surface area contributed by atoms with Gasteiger partial charge in [-0.15, -0.1) is 0 Å². The van der Waals surface area contributed by atoms with E-state index in [2.05, 4.69) is 17.5 Å². The second kappa shape index (κ2) is 4.91. The number of hydrogen-bond donors (Lipinski definition) is 2. The lowest BCUT2D eigenvalue weighted by atomic mass is 9.98. The minimum absolute atomic E-state index is 0.447. The Morgan fingerprint density at radius 2 is 2.21 bits per heavy atom. The van der Waals surface area contributed by atoms with E-state index in [-0.39, 0.29) is 0 Å². The Morgan fingerprint density at radius 3 is 2.79 bits per heavy atom. The molecule has 0 spiro atoms. The first-order chi connectivity index (χ1) is 6.90. The minimum atomic E-state index is 0.447. The average molecular weight is 196 g/mol. The van der Waals surface area contributed by atoms with Crippen LogP contribution in [0.3, 0.4) is 0 Å². The Labute approximate surface area is 85.7 Å². The van der Waals surface area contributed by atoms with E-state index in [9.17, 15) is 0 Å². The lowest BCUT2D eigenvalue weighted by Crippen LogP contribution is -2.46. The van der Waals surface area contributed by atoms with Crippen molar-refractivity contribution >= 4 is 0 Å². The molecule has 0 aromatic rings. The summed E-state index contributed by atoms with van der Waals surface area (Å²) in [6.45, 7) is 2.52. The maximum atomic E-state index is 5.79. The zero-order valence-corrected chi connectivity index (χ0v) is 8.61. The standard InChI is InChI=1S/C11H20N2O/c12-7-11(9-5-6-14-8-9)13-10-3-1-2-4-10/h1-2,9-11,13H,3-8,12H2. The van der Waals surface area contributed by atoms with Crippen LogP contribution < -0.4 is 11.1 Å². The van der Waals surface area contributed by atoms with Gasteiger partial charge < -0.3 is 15.8 Å². The summed E-state index contributed by atoms with van der Waals surface area (Å²) >= 11 is 0. The van der Waals surface area contributed by atoms with Crippen LogP contribution in [0.25, 0.3) is 0 Å². The van der Waals surface area contributed by atoms with E-state index in [1.807, 2.05) is 0 Å². The summed E-state index contributed by atoms with van der Waals surface area (Å²) in [4.78, 5) is 0. The lowest BCUT2D eigenvalue weighted by molar-refractivity contribution is 0.175. The highest BCUT2D eigenvalue weighted by Gasteiger charge is 2.26. The summed E-state index contributed by atoms with van der Waals surface area (Å²) in [6, 6.07) is 1.06. The fourth-order valence-electron chi connectivity index (χ4n) is 2.32. The number of nitrogens with one attached hydrogen (secondary N) is 1. The molecule has 0 bridgehead atoms. The molecule has 2 aliphatic rings. The van der Waals surface area contributed by atoms with E-state index >= 15 is 0 Å². The smallest absolute Gasteiger partial charge is 0.0510 e. The maximum Gasteiger partial charge on any atom is 0.0510 e. The van der Waals surface area contributed by atoms with Crippen LogP contribution in [0.15, 0.2) is 12.2 Å². The SMILES string of the molecule is NCC(NC1CC=CC1)C1CCOC1. The zero-order chi connectivity index (χ0) is 9.80. The van der Waals surface area contributed by atoms with Crippen molar-refractivity contribution in [3.8, 4) is 0 Å². The van der Waals surface area contributed by atoms with Crippen LogP contribution in [0, 0.1) is 5.92 Å². The van der Waals surface area contributed by atoms with Gasteiger partial charge in [-0.25, -0.2) is 0 Å². The van der Waals surface area contributed by atoms with Gasteiger partial charge in [0.2, 0.25) is 0 Å². The highest BCUT2D eigenvalue weighted by atomic mass is 16.5. The fraction of sp³-hybridized carbons (Fsp3) is 0.818. The molecule has 0 radical (unpaired) electrons. The van der Waals surface area contributed by atoms with E-state index in [1.54, 1.807) is 0 Å². The molecule has 1 saturated heterocycles. The Hall–Kier alpha value is -0.380. The zero-order valence-electron chi connectivity index (χ0n) is 8.61. The minimum Gasteiger partial charge on any atom is -0.381 e. The fourth-order valence-corrected chi connectivity index (χ4v) is 2.32. The molecular weight excluding hydrogens is 176 g/mol. The first kappa shape index (κ1) is 10.1. The van der Waals surface area contributed by atoms with E-state index in [0.29, 0.717) is 18.0 Å². The summed E-state index contributed by atoms with van der Waals surface area (Å²) in [5, 5.41) is 3.64. The Balaban J connectivity index is 1.79. The van der Waals surface area contributed by atoms with Crippen molar-refractivity contribution in [1.82, 2.24) is 5.32 Å². The Morgan fingerprint density at radius 1 is 1.43 bits per heavy atom. The van der Waals surface area contributed by atoms with Crippen LogP contribution >= 0.6 is 0 Å². The molecule has 1 heterocycles. The molecule has 1 aliphatic carbocycles. The van der Waals surface area contributed by atoms with E-state index in [4.69, 9.17) is 10.5 Å². The summed E-state index contributed by atoms with van der Waals surface area (Å²) in [5.41, 5.74) is 5.79. The summed E-state index contributed by atoms with van der Waals surface area (Å²) in [5.74, 6) is 0.626. The topological polar surface area (TPSA) is 47.3 Å². The molecule has 2 unspecified atom stereocenters. The van der Waals surface area contributed by atoms with Gasteiger partial charge in [-0.05, 0) is 19.3 Å². The summed E-state index contributed by atoms with van der Waals surface area (Å²) in [6.07, 6.45) is 7.97. The third kappa shape index (κ3) is 2.35. The van der Waals surface area contributed by atoms with Crippen molar-refractivity contribution in [2.45, 2.75) is 31.3 Å². The van der Waals surface area contributed by atoms with Crippen molar-refractivity contribution in [3.05, 3.63) is 12.2 Å². The normalized spacial score (nSPS) is 29.9. The molecule has 14 heavy (non-hydrogen) atoms. The first-order valence-electron chi connectivity index (χ1n) is 5.59. The van der Waals surface area contributed by atoms with Crippen molar-refractivity contribution in [2.75, 3.05) is 19.8 Å². The maximum absolute atomic E-state index is 5.79. The highest BCUT2D eigenvalue weighted by molar-refractivity contribution is 4.99. The molecule has 3 heteroatoms. The second-order valence-electron chi connectivity index (χ2n) is 4.27. The van der Waals surface area contributed by atoms with Crippen molar-refractivity contribution in [1.29, 1.82) is 0 Å². The van der Waals surface area contributed by atoms with E-state index in [1.165, 1.54) is 0 Å². The molecule has 2 rings (SSSR count). The van der Waals surface area contributed by atoms with Gasteiger partial charge in [-0.3, -0.25) is 0 Å². The highest BCUT2D eigenvalue weighted by Crippen LogP contribution is 2.18. The largest absolute Gasteiger partial charge is 0.381 e. The third-order valence-electron chi connectivity index (χ3n) is 3.25. The van der Waals surface area contributed by atoms with Crippen LogP contribution in [-0.2, 0) is 4.74 Å². The van der Waals surface area contributed by atoms with Crippen LogP contribution in [-0.4, -0.2) is 31.8 Å². The van der Waals surface area contributed by atoms with Crippen molar-refractivity contribution in [2.24, 2.45) is 11.7 Å². The van der Waals surface area contributed by atoms with Gasteiger partial charge in [0.05, 0.1) is 6.61 Å². The van der Waals surface area contributed by atoms with Crippen LogP contribution in [0.4, 0.5) is 0 Å². The lowest BCUT2D eigenvalue weighted by Gasteiger charge is -2.25. The third-order valence-corrected chi connectivity index (χ3v) is 3.25. The van der Waals surface area contributed by atoms with Gasteiger partial charge in [0.25, 0.3) is 0 Å². The van der Waals surface area contributed by atoms with Gasteiger partial charge in [-0.2, -0.15) is 0 Å². The Bertz CT molecular complexity index is 191. The molecule has 0 aromatic heterocycles. The molecule has 0 amide bonds. The summed E-state index contributed by atoms with van der Waals surface area (Å²) < 4.78 is 5.39. The van der Waals surface area contributed by atoms with Crippen molar-refractivity contribution < 1.29 is 4.74 Å². The predicted octanol–water partition coefficient (Wildman–Crippen LogP) is 0.658. The monoisotopic (exact) mass is 196 g/mol. The van der Waals surface area contributed by atoms with Crippen LogP contribution in [0.5, 0.6) is 0 Å². The predicted molar refractivity (Wildman–Crippen MR) is 57.1 cm³/mol. The van der Waals surface area contributed by atoms with Gasteiger partial charge in [-0.1, -0.05) is 12.2 Å². The van der Waals surface area contributed by atoms with Gasteiger partial charge in [0.1, 0.15) is 0 Å². The van der Waals surface area contributed by atoms with Gasteiger partial charge in [0, 0.05) is 31.2 Å². The van der Waals surface area contributed by atoms with Crippen LogP contribution in [0.2, 0.25) is 0 Å². The Kier molecular flexibility index (Phi) is 3.56. The number of hydrogen-bond acceptors (Lipinski definition) is 3. The molecule has 0 saturated carbocycles.